The quantitative estimate of drug-likeness (QED) is 0.848. The van der Waals surface area contributed by atoms with Crippen molar-refractivity contribution >= 4 is 5.69 Å². The molecule has 3 rings (SSSR count). The Morgan fingerprint density at radius 1 is 1.35 bits per heavy atom. The van der Waals surface area contributed by atoms with Crippen LogP contribution in [0.5, 0.6) is 0 Å². The molecule has 1 aliphatic rings. The smallest absolute Gasteiger partial charge is 0.237 e. The summed E-state index contributed by atoms with van der Waals surface area (Å²) in [6, 6.07) is 7.90. The molecule has 1 aromatic heterocycles. The second-order valence-corrected chi connectivity index (χ2v) is 5.26. The average Bonchev–Trinajstić information content (AvgIpc) is 3.10. The van der Waals surface area contributed by atoms with Crippen molar-refractivity contribution in [1.29, 1.82) is 0 Å². The summed E-state index contributed by atoms with van der Waals surface area (Å²) >= 11 is 0. The third-order valence-electron chi connectivity index (χ3n) is 3.84. The number of hydrogen-bond acceptors (Lipinski definition) is 5. The number of rotatable bonds is 5. The third-order valence-corrected chi connectivity index (χ3v) is 3.84. The zero-order valence-electron chi connectivity index (χ0n) is 11.8. The number of nitrogen functional groups attached to an aromatic ring is 1. The van der Waals surface area contributed by atoms with Gasteiger partial charge in [-0.15, -0.1) is 0 Å². The Labute approximate surface area is 118 Å². The minimum atomic E-state index is -0.139. The first-order valence-electron chi connectivity index (χ1n) is 6.97. The number of hydrogen-bond donors (Lipinski definition) is 1. The van der Waals surface area contributed by atoms with E-state index in [1.54, 1.807) is 0 Å². The van der Waals surface area contributed by atoms with Gasteiger partial charge in [-0.2, -0.15) is 4.98 Å². The number of nitrogens with two attached hydrogens (primary N) is 1. The first-order valence-corrected chi connectivity index (χ1v) is 6.97. The largest absolute Gasteiger partial charge is 0.399 e. The summed E-state index contributed by atoms with van der Waals surface area (Å²) in [5, 5.41) is 4.05. The van der Waals surface area contributed by atoms with Crippen LogP contribution in [0.1, 0.15) is 50.1 Å². The second kappa shape index (κ2) is 4.90. The molecule has 1 saturated carbocycles. The predicted molar refractivity (Wildman–Crippen MR) is 75.2 cm³/mol. The Morgan fingerprint density at radius 3 is 2.65 bits per heavy atom. The molecule has 0 bridgehead atoms. The summed E-state index contributed by atoms with van der Waals surface area (Å²) in [4.78, 5) is 4.53. The Bertz CT molecular complexity index is 587. The van der Waals surface area contributed by atoms with Crippen LogP contribution in [-0.4, -0.2) is 16.7 Å². The van der Waals surface area contributed by atoms with E-state index in [9.17, 15) is 0 Å². The van der Waals surface area contributed by atoms with Crippen LogP contribution < -0.4 is 5.73 Å². The van der Waals surface area contributed by atoms with Crippen LogP contribution in [0.15, 0.2) is 28.8 Å². The minimum Gasteiger partial charge on any atom is -0.399 e. The highest BCUT2D eigenvalue weighted by Gasteiger charge is 2.51. The molecule has 0 aliphatic heterocycles. The molecule has 2 aromatic rings. The van der Waals surface area contributed by atoms with E-state index < -0.39 is 0 Å². The highest BCUT2D eigenvalue weighted by atomic mass is 16.5. The van der Waals surface area contributed by atoms with Gasteiger partial charge in [-0.05, 0) is 44.4 Å². The van der Waals surface area contributed by atoms with Crippen LogP contribution in [0.4, 0.5) is 5.69 Å². The van der Waals surface area contributed by atoms with E-state index >= 15 is 0 Å². The van der Waals surface area contributed by atoms with Gasteiger partial charge in [0.15, 0.2) is 5.82 Å². The molecule has 5 heteroatoms. The second-order valence-electron chi connectivity index (χ2n) is 5.26. The van der Waals surface area contributed by atoms with Gasteiger partial charge >= 0.3 is 0 Å². The van der Waals surface area contributed by atoms with Crippen molar-refractivity contribution < 1.29 is 9.26 Å². The fourth-order valence-corrected chi connectivity index (χ4v) is 2.47. The van der Waals surface area contributed by atoms with E-state index in [0.29, 0.717) is 18.3 Å². The molecule has 1 aliphatic carbocycles. The third kappa shape index (κ3) is 2.18. The predicted octanol–water partition coefficient (Wildman–Crippen LogP) is 2.83. The number of benzene rings is 1. The van der Waals surface area contributed by atoms with Gasteiger partial charge in [0.1, 0.15) is 6.10 Å². The summed E-state index contributed by atoms with van der Waals surface area (Å²) in [6.45, 7) is 4.52. The zero-order valence-corrected chi connectivity index (χ0v) is 11.8. The first-order chi connectivity index (χ1) is 9.65. The Hall–Kier alpha value is -1.88. The average molecular weight is 273 g/mol. The molecular formula is C15H19N3O2. The van der Waals surface area contributed by atoms with Crippen LogP contribution in [0.25, 0.3) is 0 Å². The van der Waals surface area contributed by atoms with Gasteiger partial charge < -0.3 is 15.0 Å². The van der Waals surface area contributed by atoms with Gasteiger partial charge in [0.05, 0.1) is 5.41 Å². The molecule has 1 heterocycles. The number of nitrogens with zero attached hydrogens (tertiary/aromatic N) is 2. The lowest BCUT2D eigenvalue weighted by Crippen LogP contribution is -2.10. The standard InChI is InChI=1S/C15H19N3O2/c1-3-19-10(2)13-17-14(20-18-13)15(8-9-15)11-4-6-12(16)7-5-11/h4-7,10H,3,8-9,16H2,1-2H3. The highest BCUT2D eigenvalue weighted by Crippen LogP contribution is 2.53. The van der Waals surface area contributed by atoms with Crippen LogP contribution >= 0.6 is 0 Å². The summed E-state index contributed by atoms with van der Waals surface area (Å²) < 4.78 is 11.0. The normalized spacial score (nSPS) is 17.9. The van der Waals surface area contributed by atoms with Gasteiger partial charge in [-0.25, -0.2) is 0 Å². The molecule has 1 aromatic carbocycles. The van der Waals surface area contributed by atoms with Crippen molar-refractivity contribution in [1.82, 2.24) is 10.1 Å². The lowest BCUT2D eigenvalue weighted by Gasteiger charge is -2.10. The Kier molecular flexibility index (Phi) is 3.22. The molecule has 2 N–H and O–H groups in total. The lowest BCUT2D eigenvalue weighted by atomic mass is 9.96. The van der Waals surface area contributed by atoms with Crippen molar-refractivity contribution in [3.05, 3.63) is 41.5 Å². The van der Waals surface area contributed by atoms with Gasteiger partial charge in [-0.3, -0.25) is 0 Å². The topological polar surface area (TPSA) is 74.2 Å². The van der Waals surface area contributed by atoms with E-state index in [0.717, 1.165) is 18.5 Å². The summed E-state index contributed by atoms with van der Waals surface area (Å²) in [5.74, 6) is 1.30. The number of anilines is 1. The SMILES string of the molecule is CCOC(C)c1noc(C2(c3ccc(N)cc3)CC2)n1. The maximum atomic E-state index is 5.74. The number of aromatic nitrogens is 2. The van der Waals surface area contributed by atoms with Crippen molar-refractivity contribution in [3.63, 3.8) is 0 Å². The maximum absolute atomic E-state index is 5.74. The highest BCUT2D eigenvalue weighted by molar-refractivity contribution is 5.46. The summed E-state index contributed by atoms with van der Waals surface area (Å²) in [6.07, 6.45) is 1.92. The fraction of sp³-hybridized carbons (Fsp3) is 0.467. The molecule has 0 amide bonds. The monoisotopic (exact) mass is 273 g/mol. The molecule has 0 saturated heterocycles. The van der Waals surface area contributed by atoms with Crippen LogP contribution in [0.3, 0.4) is 0 Å². The van der Waals surface area contributed by atoms with E-state index in [1.165, 1.54) is 5.56 Å². The molecular weight excluding hydrogens is 254 g/mol. The van der Waals surface area contributed by atoms with Gasteiger partial charge in [0.25, 0.3) is 0 Å². The maximum Gasteiger partial charge on any atom is 0.237 e. The van der Waals surface area contributed by atoms with E-state index in [2.05, 4.69) is 10.1 Å². The molecule has 1 unspecified atom stereocenters. The van der Waals surface area contributed by atoms with Crippen LogP contribution in [-0.2, 0) is 10.2 Å². The van der Waals surface area contributed by atoms with Crippen molar-refractivity contribution in [3.8, 4) is 0 Å². The molecule has 20 heavy (non-hydrogen) atoms. The van der Waals surface area contributed by atoms with Crippen molar-refractivity contribution in [2.24, 2.45) is 0 Å². The van der Waals surface area contributed by atoms with Gasteiger partial charge in [0.2, 0.25) is 5.89 Å². The first kappa shape index (κ1) is 13.1. The minimum absolute atomic E-state index is 0.120. The van der Waals surface area contributed by atoms with Gasteiger partial charge in [-0.1, -0.05) is 17.3 Å². The molecule has 0 radical (unpaired) electrons. The fourth-order valence-electron chi connectivity index (χ4n) is 2.47. The molecule has 5 nitrogen and oxygen atoms in total. The Morgan fingerprint density at radius 2 is 2.05 bits per heavy atom. The summed E-state index contributed by atoms with van der Waals surface area (Å²) in [5.41, 5.74) is 7.57. The van der Waals surface area contributed by atoms with Crippen molar-refractivity contribution in [2.45, 2.75) is 38.2 Å². The Balaban J connectivity index is 1.87. The van der Waals surface area contributed by atoms with Crippen LogP contribution in [0.2, 0.25) is 0 Å². The lowest BCUT2D eigenvalue weighted by molar-refractivity contribution is 0.0683. The van der Waals surface area contributed by atoms with Crippen molar-refractivity contribution in [2.75, 3.05) is 12.3 Å². The number of ether oxygens (including phenoxy) is 1. The molecule has 0 spiro atoms. The molecule has 1 fully saturated rings. The molecule has 106 valence electrons. The summed E-state index contributed by atoms with van der Waals surface area (Å²) in [7, 11) is 0. The van der Waals surface area contributed by atoms with E-state index in [4.69, 9.17) is 15.0 Å². The van der Waals surface area contributed by atoms with E-state index in [1.807, 2.05) is 38.1 Å². The molecule has 1 atom stereocenters. The zero-order chi connectivity index (χ0) is 14.2. The van der Waals surface area contributed by atoms with Crippen LogP contribution in [0, 0.1) is 0 Å². The van der Waals surface area contributed by atoms with Gasteiger partial charge in [0, 0.05) is 12.3 Å². The van der Waals surface area contributed by atoms with E-state index in [-0.39, 0.29) is 11.5 Å².